The van der Waals surface area contributed by atoms with Crippen molar-refractivity contribution >= 4 is 0 Å². The van der Waals surface area contributed by atoms with Crippen LogP contribution >= 0.6 is 0 Å². The maximum Gasteiger partial charge on any atom is 0.0859 e. The Morgan fingerprint density at radius 3 is 2.67 bits per heavy atom. The Balaban J connectivity index is 2.42. The molecular formula is C11H24N+. The molecular weight excluding hydrogens is 146 g/mol. The first-order valence-electron chi connectivity index (χ1n) is 5.53. The highest BCUT2D eigenvalue weighted by Gasteiger charge is 2.30. The molecule has 0 aromatic carbocycles. The molecule has 0 N–H and O–H groups in total. The molecule has 0 aromatic rings. The van der Waals surface area contributed by atoms with E-state index in [-0.39, 0.29) is 0 Å². The molecule has 1 heterocycles. The summed E-state index contributed by atoms with van der Waals surface area (Å²) in [4.78, 5) is 0. The first kappa shape index (κ1) is 10.0. The third kappa shape index (κ3) is 2.22. The number of nitrogens with zero attached hydrogens (tertiary/aromatic N) is 1. The molecule has 0 aromatic heterocycles. The van der Waals surface area contributed by atoms with Crippen LogP contribution in [0.25, 0.3) is 0 Å². The Kier molecular flexibility index (Phi) is 3.57. The van der Waals surface area contributed by atoms with Crippen molar-refractivity contribution in [3.8, 4) is 0 Å². The minimum atomic E-state index is 0.908. The van der Waals surface area contributed by atoms with Crippen LogP contribution in [0.4, 0.5) is 0 Å². The van der Waals surface area contributed by atoms with Crippen molar-refractivity contribution in [1.82, 2.24) is 0 Å². The summed E-state index contributed by atoms with van der Waals surface area (Å²) in [7, 11) is 2.44. The zero-order valence-corrected chi connectivity index (χ0v) is 8.97. The van der Waals surface area contributed by atoms with E-state index in [1.165, 1.54) is 49.7 Å². The van der Waals surface area contributed by atoms with E-state index in [4.69, 9.17) is 0 Å². The van der Waals surface area contributed by atoms with Crippen molar-refractivity contribution in [1.29, 1.82) is 0 Å². The van der Waals surface area contributed by atoms with Crippen LogP contribution in [-0.2, 0) is 0 Å². The summed E-state index contributed by atoms with van der Waals surface area (Å²) < 4.78 is 1.34. The van der Waals surface area contributed by atoms with Gasteiger partial charge in [-0.15, -0.1) is 0 Å². The van der Waals surface area contributed by atoms with Crippen LogP contribution in [-0.4, -0.2) is 30.7 Å². The molecule has 1 aliphatic rings. The molecule has 0 bridgehead atoms. The Hall–Kier alpha value is -0.0400. The minimum absolute atomic E-state index is 0.908. The molecule has 12 heavy (non-hydrogen) atoms. The molecule has 72 valence electrons. The van der Waals surface area contributed by atoms with Crippen molar-refractivity contribution in [3.05, 3.63) is 0 Å². The van der Waals surface area contributed by atoms with Crippen LogP contribution < -0.4 is 0 Å². The van der Waals surface area contributed by atoms with Gasteiger partial charge < -0.3 is 4.48 Å². The molecule has 1 nitrogen and oxygen atoms in total. The SMILES string of the molecule is CCCC[N+]1(C)CCCCC1C. The summed E-state index contributed by atoms with van der Waals surface area (Å²) >= 11 is 0. The lowest BCUT2D eigenvalue weighted by atomic mass is 10.00. The van der Waals surface area contributed by atoms with E-state index in [2.05, 4.69) is 20.9 Å². The molecule has 2 unspecified atom stereocenters. The molecule has 1 saturated heterocycles. The van der Waals surface area contributed by atoms with Crippen LogP contribution in [0.15, 0.2) is 0 Å². The predicted octanol–water partition coefficient (Wildman–Crippen LogP) is 2.81. The molecule has 0 saturated carbocycles. The topological polar surface area (TPSA) is 0 Å². The van der Waals surface area contributed by atoms with Crippen molar-refractivity contribution in [2.75, 3.05) is 20.1 Å². The van der Waals surface area contributed by atoms with Gasteiger partial charge in [0.05, 0.1) is 26.2 Å². The summed E-state index contributed by atoms with van der Waals surface area (Å²) in [6.45, 7) is 7.54. The van der Waals surface area contributed by atoms with Gasteiger partial charge in [0, 0.05) is 0 Å². The molecule has 0 spiro atoms. The highest BCUT2D eigenvalue weighted by molar-refractivity contribution is 4.60. The number of hydrogen-bond acceptors (Lipinski definition) is 0. The molecule has 0 amide bonds. The maximum absolute atomic E-state index is 2.44. The lowest BCUT2D eigenvalue weighted by molar-refractivity contribution is -0.936. The van der Waals surface area contributed by atoms with Gasteiger partial charge in [-0.1, -0.05) is 13.3 Å². The van der Waals surface area contributed by atoms with Gasteiger partial charge in [-0.2, -0.15) is 0 Å². The monoisotopic (exact) mass is 170 g/mol. The molecule has 1 fully saturated rings. The molecule has 1 heteroatoms. The fraction of sp³-hybridized carbons (Fsp3) is 1.00. The number of piperidine rings is 1. The largest absolute Gasteiger partial charge is 0.324 e. The first-order chi connectivity index (χ1) is 5.69. The average Bonchev–Trinajstić information content (AvgIpc) is 2.07. The summed E-state index contributed by atoms with van der Waals surface area (Å²) in [6.07, 6.45) is 7.10. The first-order valence-corrected chi connectivity index (χ1v) is 5.53. The molecule has 2 atom stereocenters. The van der Waals surface area contributed by atoms with E-state index in [9.17, 15) is 0 Å². The van der Waals surface area contributed by atoms with Gasteiger partial charge in [-0.3, -0.25) is 0 Å². The second kappa shape index (κ2) is 4.27. The number of quaternary nitrogens is 1. The van der Waals surface area contributed by atoms with E-state index in [1.54, 1.807) is 0 Å². The highest BCUT2D eigenvalue weighted by atomic mass is 15.4. The third-order valence-electron chi connectivity index (χ3n) is 3.63. The van der Waals surface area contributed by atoms with Crippen LogP contribution in [0.1, 0.15) is 46.0 Å². The number of hydrogen-bond donors (Lipinski definition) is 0. The molecule has 1 rings (SSSR count). The standard InChI is InChI=1S/C11H24N/c1-4-5-9-12(3)10-7-6-8-11(12)2/h11H,4-10H2,1-3H3/q+1. The average molecular weight is 170 g/mol. The lowest BCUT2D eigenvalue weighted by Crippen LogP contribution is -2.54. The fourth-order valence-electron chi connectivity index (χ4n) is 2.30. The second-order valence-corrected chi connectivity index (χ2v) is 4.62. The van der Waals surface area contributed by atoms with Gasteiger partial charge in [-0.05, 0) is 32.6 Å². The van der Waals surface area contributed by atoms with E-state index in [0.29, 0.717) is 0 Å². The summed E-state index contributed by atoms with van der Waals surface area (Å²) in [5.41, 5.74) is 0. The normalized spacial score (nSPS) is 36.8. The minimum Gasteiger partial charge on any atom is -0.324 e. The summed E-state index contributed by atoms with van der Waals surface area (Å²) in [6, 6.07) is 0.908. The molecule has 1 aliphatic heterocycles. The Morgan fingerprint density at radius 2 is 2.08 bits per heavy atom. The van der Waals surface area contributed by atoms with Gasteiger partial charge in [0.2, 0.25) is 0 Å². The van der Waals surface area contributed by atoms with Gasteiger partial charge in [0.25, 0.3) is 0 Å². The van der Waals surface area contributed by atoms with Crippen LogP contribution in [0.2, 0.25) is 0 Å². The summed E-state index contributed by atoms with van der Waals surface area (Å²) in [5.74, 6) is 0. The molecule has 0 aliphatic carbocycles. The van der Waals surface area contributed by atoms with E-state index in [0.717, 1.165) is 6.04 Å². The van der Waals surface area contributed by atoms with Gasteiger partial charge in [0.1, 0.15) is 0 Å². The van der Waals surface area contributed by atoms with Gasteiger partial charge >= 0.3 is 0 Å². The summed E-state index contributed by atoms with van der Waals surface area (Å²) in [5, 5.41) is 0. The van der Waals surface area contributed by atoms with Crippen molar-refractivity contribution in [2.45, 2.75) is 52.0 Å². The zero-order valence-electron chi connectivity index (χ0n) is 8.97. The Labute approximate surface area is 77.4 Å². The van der Waals surface area contributed by atoms with E-state index >= 15 is 0 Å². The van der Waals surface area contributed by atoms with E-state index in [1.807, 2.05) is 0 Å². The van der Waals surface area contributed by atoms with Gasteiger partial charge in [0.15, 0.2) is 0 Å². The lowest BCUT2D eigenvalue weighted by Gasteiger charge is -2.43. The Bertz CT molecular complexity index is 133. The van der Waals surface area contributed by atoms with E-state index < -0.39 is 0 Å². The van der Waals surface area contributed by atoms with Crippen LogP contribution in [0.3, 0.4) is 0 Å². The zero-order chi connectivity index (χ0) is 9.03. The highest BCUT2D eigenvalue weighted by Crippen LogP contribution is 2.23. The number of unbranched alkanes of at least 4 members (excludes halogenated alkanes) is 1. The fourth-order valence-corrected chi connectivity index (χ4v) is 2.30. The van der Waals surface area contributed by atoms with Crippen LogP contribution in [0.5, 0.6) is 0 Å². The van der Waals surface area contributed by atoms with Gasteiger partial charge in [-0.25, -0.2) is 0 Å². The predicted molar refractivity (Wildman–Crippen MR) is 54.1 cm³/mol. The third-order valence-corrected chi connectivity index (χ3v) is 3.63. The van der Waals surface area contributed by atoms with Crippen molar-refractivity contribution in [2.24, 2.45) is 0 Å². The molecule has 0 radical (unpaired) electrons. The number of rotatable bonds is 3. The quantitative estimate of drug-likeness (QED) is 0.571. The Morgan fingerprint density at radius 1 is 1.33 bits per heavy atom. The van der Waals surface area contributed by atoms with Crippen molar-refractivity contribution in [3.63, 3.8) is 0 Å². The van der Waals surface area contributed by atoms with Crippen molar-refractivity contribution < 1.29 is 4.48 Å². The number of likely N-dealkylation sites (tertiary alicyclic amines) is 1. The maximum atomic E-state index is 2.44. The van der Waals surface area contributed by atoms with Crippen LogP contribution in [0, 0.1) is 0 Å². The smallest absolute Gasteiger partial charge is 0.0859 e. The second-order valence-electron chi connectivity index (χ2n) is 4.62.